The second-order valence-corrected chi connectivity index (χ2v) is 5.87. The summed E-state index contributed by atoms with van der Waals surface area (Å²) in [5.74, 6) is 0.218. The van der Waals surface area contributed by atoms with Crippen LogP contribution in [-0.4, -0.2) is 13.0 Å². The highest BCUT2D eigenvalue weighted by Gasteiger charge is 2.23. The number of anilines is 1. The molecule has 1 amide bonds. The Labute approximate surface area is 111 Å². The lowest BCUT2D eigenvalue weighted by Gasteiger charge is -2.22. The lowest BCUT2D eigenvalue weighted by molar-refractivity contribution is -0.118. The monoisotopic (exact) mass is 257 g/mol. The SMILES string of the molecule is Cc1ccc(-c2cc3c(s2)CCC(=O)N3C)cc1. The number of hydrogen-bond donors (Lipinski definition) is 0. The summed E-state index contributed by atoms with van der Waals surface area (Å²) in [5, 5.41) is 0. The van der Waals surface area contributed by atoms with Gasteiger partial charge in [0.05, 0.1) is 5.69 Å². The number of carbonyl (C=O) groups excluding carboxylic acids is 1. The average molecular weight is 257 g/mol. The molecule has 92 valence electrons. The van der Waals surface area contributed by atoms with Crippen molar-refractivity contribution in [1.29, 1.82) is 0 Å². The summed E-state index contributed by atoms with van der Waals surface area (Å²) in [6.07, 6.45) is 1.52. The molecule has 0 aliphatic carbocycles. The number of nitrogens with zero attached hydrogens (tertiary/aromatic N) is 1. The molecule has 0 N–H and O–H groups in total. The van der Waals surface area contributed by atoms with Crippen LogP contribution in [0.4, 0.5) is 5.69 Å². The van der Waals surface area contributed by atoms with Crippen LogP contribution in [0.25, 0.3) is 10.4 Å². The third kappa shape index (κ3) is 1.85. The highest BCUT2D eigenvalue weighted by Crippen LogP contribution is 2.39. The molecule has 2 aromatic rings. The summed E-state index contributed by atoms with van der Waals surface area (Å²) in [4.78, 5) is 16.0. The standard InChI is InChI=1S/C15H15NOS/c1-10-3-5-11(6-4-10)14-9-12-13(18-14)7-8-15(17)16(12)2/h3-6,9H,7-8H2,1-2H3. The minimum atomic E-state index is 0.218. The number of benzene rings is 1. The summed E-state index contributed by atoms with van der Waals surface area (Å²) in [7, 11) is 1.87. The number of thiophene rings is 1. The molecule has 0 fully saturated rings. The van der Waals surface area contributed by atoms with Gasteiger partial charge in [-0.3, -0.25) is 4.79 Å². The minimum Gasteiger partial charge on any atom is -0.314 e. The van der Waals surface area contributed by atoms with E-state index < -0.39 is 0 Å². The molecule has 1 aromatic heterocycles. The fraction of sp³-hybridized carbons (Fsp3) is 0.267. The third-order valence-corrected chi connectivity index (χ3v) is 4.66. The zero-order valence-corrected chi connectivity index (χ0v) is 11.4. The van der Waals surface area contributed by atoms with Crippen LogP contribution in [0.2, 0.25) is 0 Å². The zero-order valence-electron chi connectivity index (χ0n) is 10.6. The van der Waals surface area contributed by atoms with Crippen molar-refractivity contribution in [2.75, 3.05) is 11.9 Å². The highest BCUT2D eigenvalue weighted by atomic mass is 32.1. The largest absolute Gasteiger partial charge is 0.314 e. The summed E-state index contributed by atoms with van der Waals surface area (Å²) < 4.78 is 0. The fourth-order valence-corrected chi connectivity index (χ4v) is 3.46. The van der Waals surface area contributed by atoms with Crippen molar-refractivity contribution in [2.45, 2.75) is 19.8 Å². The van der Waals surface area contributed by atoms with Crippen molar-refractivity contribution in [2.24, 2.45) is 0 Å². The molecule has 1 aromatic carbocycles. The summed E-state index contributed by atoms with van der Waals surface area (Å²) >= 11 is 1.81. The van der Waals surface area contributed by atoms with E-state index in [-0.39, 0.29) is 5.91 Å². The van der Waals surface area contributed by atoms with Gasteiger partial charge in [0.1, 0.15) is 0 Å². The fourth-order valence-electron chi connectivity index (χ4n) is 2.26. The Morgan fingerprint density at radius 3 is 2.61 bits per heavy atom. The summed E-state index contributed by atoms with van der Waals surface area (Å²) in [6.45, 7) is 2.09. The van der Waals surface area contributed by atoms with Crippen LogP contribution in [0.1, 0.15) is 16.9 Å². The van der Waals surface area contributed by atoms with Gasteiger partial charge in [-0.25, -0.2) is 0 Å². The first-order chi connectivity index (χ1) is 8.65. The van der Waals surface area contributed by atoms with Crippen molar-refractivity contribution >= 4 is 22.9 Å². The van der Waals surface area contributed by atoms with Gasteiger partial charge < -0.3 is 4.90 Å². The maximum Gasteiger partial charge on any atom is 0.227 e. The number of rotatable bonds is 1. The summed E-state index contributed by atoms with van der Waals surface area (Å²) in [6, 6.07) is 10.7. The van der Waals surface area contributed by atoms with Crippen LogP contribution in [-0.2, 0) is 11.2 Å². The molecule has 0 bridgehead atoms. The van der Waals surface area contributed by atoms with Gasteiger partial charge in [0.25, 0.3) is 0 Å². The van der Waals surface area contributed by atoms with Gasteiger partial charge in [-0.1, -0.05) is 29.8 Å². The van der Waals surface area contributed by atoms with Crippen molar-refractivity contribution in [1.82, 2.24) is 0 Å². The van der Waals surface area contributed by atoms with Gasteiger partial charge in [0.15, 0.2) is 0 Å². The topological polar surface area (TPSA) is 20.3 Å². The van der Waals surface area contributed by atoms with E-state index >= 15 is 0 Å². The van der Waals surface area contributed by atoms with E-state index in [4.69, 9.17) is 0 Å². The van der Waals surface area contributed by atoms with Crippen LogP contribution < -0.4 is 4.90 Å². The van der Waals surface area contributed by atoms with E-state index in [1.54, 1.807) is 16.2 Å². The lowest BCUT2D eigenvalue weighted by Crippen LogP contribution is -2.29. The molecular formula is C15H15NOS. The molecule has 2 nitrogen and oxygen atoms in total. The van der Waals surface area contributed by atoms with Gasteiger partial charge in [-0.15, -0.1) is 11.3 Å². The number of hydrogen-bond acceptors (Lipinski definition) is 2. The third-order valence-electron chi connectivity index (χ3n) is 3.42. The quantitative estimate of drug-likeness (QED) is 0.764. The van der Waals surface area contributed by atoms with Gasteiger partial charge in [-0.2, -0.15) is 0 Å². The Kier molecular flexibility index (Phi) is 2.71. The van der Waals surface area contributed by atoms with E-state index in [2.05, 4.69) is 37.3 Å². The summed E-state index contributed by atoms with van der Waals surface area (Å²) in [5.41, 5.74) is 3.60. The Morgan fingerprint density at radius 1 is 1.17 bits per heavy atom. The smallest absolute Gasteiger partial charge is 0.227 e. The van der Waals surface area contributed by atoms with Crippen molar-refractivity contribution in [3.05, 3.63) is 40.8 Å². The van der Waals surface area contributed by atoms with Gasteiger partial charge >= 0.3 is 0 Å². The van der Waals surface area contributed by atoms with Gasteiger partial charge in [0, 0.05) is 23.2 Å². The molecular weight excluding hydrogens is 242 g/mol. The van der Waals surface area contributed by atoms with Crippen LogP contribution >= 0.6 is 11.3 Å². The Morgan fingerprint density at radius 2 is 1.89 bits per heavy atom. The molecule has 0 saturated heterocycles. The van der Waals surface area contributed by atoms with E-state index in [9.17, 15) is 4.79 Å². The van der Waals surface area contributed by atoms with Crippen molar-refractivity contribution < 1.29 is 4.79 Å². The van der Waals surface area contributed by atoms with E-state index in [1.165, 1.54) is 20.9 Å². The molecule has 0 spiro atoms. The maximum atomic E-state index is 11.7. The highest BCUT2D eigenvalue weighted by molar-refractivity contribution is 7.16. The number of carbonyl (C=O) groups is 1. The Bertz CT molecular complexity index is 597. The molecule has 3 heteroatoms. The zero-order chi connectivity index (χ0) is 12.7. The van der Waals surface area contributed by atoms with Gasteiger partial charge in [-0.05, 0) is 25.0 Å². The number of aryl methyl sites for hydroxylation is 2. The first-order valence-corrected chi connectivity index (χ1v) is 6.93. The lowest BCUT2D eigenvalue weighted by atomic mass is 10.1. The second kappa shape index (κ2) is 4.25. The number of fused-ring (bicyclic) bond motifs is 1. The van der Waals surface area contributed by atoms with Crippen molar-refractivity contribution in [3.8, 4) is 10.4 Å². The number of amides is 1. The first-order valence-electron chi connectivity index (χ1n) is 6.11. The van der Waals surface area contributed by atoms with Crippen LogP contribution in [0.5, 0.6) is 0 Å². The maximum absolute atomic E-state index is 11.7. The average Bonchev–Trinajstić information content (AvgIpc) is 2.80. The normalized spacial score (nSPS) is 14.8. The molecule has 1 aliphatic heterocycles. The second-order valence-electron chi connectivity index (χ2n) is 4.74. The first kappa shape index (κ1) is 11.5. The predicted molar refractivity (Wildman–Crippen MR) is 76.2 cm³/mol. The molecule has 0 unspecified atom stereocenters. The van der Waals surface area contributed by atoms with E-state index in [0.717, 1.165) is 12.1 Å². The molecule has 0 saturated carbocycles. The predicted octanol–water partition coefficient (Wildman–Crippen LogP) is 3.63. The van der Waals surface area contributed by atoms with Crippen LogP contribution in [0.3, 0.4) is 0 Å². The Hall–Kier alpha value is -1.61. The molecule has 18 heavy (non-hydrogen) atoms. The minimum absolute atomic E-state index is 0.218. The van der Waals surface area contributed by atoms with E-state index in [1.807, 2.05) is 7.05 Å². The van der Waals surface area contributed by atoms with Crippen LogP contribution in [0.15, 0.2) is 30.3 Å². The van der Waals surface area contributed by atoms with E-state index in [0.29, 0.717) is 6.42 Å². The molecule has 0 radical (unpaired) electrons. The molecule has 2 heterocycles. The molecule has 1 aliphatic rings. The molecule has 0 atom stereocenters. The molecule has 3 rings (SSSR count). The van der Waals surface area contributed by atoms with Gasteiger partial charge in [0.2, 0.25) is 5.91 Å². The van der Waals surface area contributed by atoms with Crippen LogP contribution in [0, 0.1) is 6.92 Å². The Balaban J connectivity index is 2.03. The van der Waals surface area contributed by atoms with Crippen molar-refractivity contribution in [3.63, 3.8) is 0 Å².